The van der Waals surface area contributed by atoms with Gasteiger partial charge in [-0.3, -0.25) is 9.59 Å². The van der Waals surface area contributed by atoms with Gasteiger partial charge < -0.3 is 24.4 Å². The van der Waals surface area contributed by atoms with Gasteiger partial charge in [0.2, 0.25) is 0 Å². The number of ether oxygens (including phenoxy) is 3. The van der Waals surface area contributed by atoms with E-state index in [2.05, 4.69) is 9.47 Å². The average molecular weight is 413 g/mol. The number of esters is 2. The summed E-state index contributed by atoms with van der Waals surface area (Å²) < 4.78 is 14.9. The van der Waals surface area contributed by atoms with Crippen molar-refractivity contribution in [3.8, 4) is 0 Å². The summed E-state index contributed by atoms with van der Waals surface area (Å²) in [6.45, 7) is 5.50. The molecule has 0 saturated heterocycles. The first-order valence-corrected chi connectivity index (χ1v) is 9.68. The molecule has 0 aliphatic carbocycles. The fraction of sp³-hybridized carbons (Fsp3) is 0.636. The van der Waals surface area contributed by atoms with Gasteiger partial charge in [-0.25, -0.2) is 0 Å². The molecule has 0 heterocycles. The number of hydrogen-bond acceptors (Lipinski definition) is 7. The maximum absolute atomic E-state index is 11.8. The number of rotatable bonds is 13. The molecule has 0 aromatic carbocycles. The normalized spacial score (nSPS) is 16.0. The SMILES string of the molecule is COC(=O)C(C/C(C)=C\C=C\[C@H](C)[C@H](CC/C(C)=C\C(O)CO)OC)C(=O)OC. The molecule has 7 nitrogen and oxygen atoms in total. The molecular weight excluding hydrogens is 376 g/mol. The Hall–Kier alpha value is -1.96. The topological polar surface area (TPSA) is 102 Å². The highest BCUT2D eigenvalue weighted by Crippen LogP contribution is 2.19. The maximum Gasteiger partial charge on any atom is 0.320 e. The Morgan fingerprint density at radius 2 is 1.62 bits per heavy atom. The van der Waals surface area contributed by atoms with Crippen molar-refractivity contribution in [2.24, 2.45) is 11.8 Å². The van der Waals surface area contributed by atoms with Crippen LogP contribution in [0.1, 0.15) is 40.0 Å². The van der Waals surface area contributed by atoms with Crippen molar-refractivity contribution >= 4 is 11.9 Å². The van der Waals surface area contributed by atoms with Crippen molar-refractivity contribution in [3.63, 3.8) is 0 Å². The van der Waals surface area contributed by atoms with Crippen LogP contribution in [0.15, 0.2) is 35.5 Å². The molecule has 0 bridgehead atoms. The van der Waals surface area contributed by atoms with Gasteiger partial charge in [-0.2, -0.15) is 0 Å². The van der Waals surface area contributed by atoms with E-state index in [1.54, 1.807) is 13.2 Å². The lowest BCUT2D eigenvalue weighted by Crippen LogP contribution is -2.26. The summed E-state index contributed by atoms with van der Waals surface area (Å²) in [5.74, 6) is -2.06. The molecule has 0 saturated carbocycles. The Morgan fingerprint density at radius 1 is 1.03 bits per heavy atom. The predicted octanol–water partition coefficient (Wildman–Crippen LogP) is 2.57. The summed E-state index contributed by atoms with van der Waals surface area (Å²) in [6, 6.07) is 0. The number of hydrogen-bond donors (Lipinski definition) is 2. The van der Waals surface area contributed by atoms with Crippen molar-refractivity contribution < 1.29 is 34.0 Å². The molecule has 29 heavy (non-hydrogen) atoms. The van der Waals surface area contributed by atoms with E-state index in [1.165, 1.54) is 14.2 Å². The highest BCUT2D eigenvalue weighted by atomic mass is 16.5. The first-order valence-electron chi connectivity index (χ1n) is 9.68. The van der Waals surface area contributed by atoms with Crippen molar-refractivity contribution in [2.45, 2.75) is 52.2 Å². The van der Waals surface area contributed by atoms with Gasteiger partial charge in [0.1, 0.15) is 0 Å². The summed E-state index contributed by atoms with van der Waals surface area (Å²) in [5, 5.41) is 18.4. The number of carbonyl (C=O) groups excluding carboxylic acids is 2. The second-order valence-corrected chi connectivity index (χ2v) is 7.14. The van der Waals surface area contributed by atoms with E-state index < -0.39 is 24.0 Å². The van der Waals surface area contributed by atoms with Crippen molar-refractivity contribution in [3.05, 3.63) is 35.5 Å². The Balaban J connectivity index is 4.85. The van der Waals surface area contributed by atoms with E-state index in [4.69, 9.17) is 9.84 Å². The Bertz CT molecular complexity index is 576. The van der Waals surface area contributed by atoms with Crippen LogP contribution in [-0.4, -0.2) is 62.3 Å². The number of aliphatic hydroxyl groups excluding tert-OH is 2. The van der Waals surface area contributed by atoms with Gasteiger partial charge in [0.15, 0.2) is 5.92 Å². The van der Waals surface area contributed by atoms with Crippen molar-refractivity contribution in [2.75, 3.05) is 27.9 Å². The summed E-state index contributed by atoms with van der Waals surface area (Å²) in [7, 11) is 4.14. The molecule has 0 fully saturated rings. The second kappa shape index (κ2) is 15.0. The highest BCUT2D eigenvalue weighted by Gasteiger charge is 2.28. The quantitative estimate of drug-likeness (QED) is 0.207. The summed E-state index contributed by atoms with van der Waals surface area (Å²) in [4.78, 5) is 23.5. The molecule has 0 spiro atoms. The van der Waals surface area contributed by atoms with E-state index in [0.29, 0.717) is 0 Å². The van der Waals surface area contributed by atoms with Crippen molar-refractivity contribution in [1.82, 2.24) is 0 Å². The first kappa shape index (κ1) is 27.0. The van der Waals surface area contributed by atoms with Gasteiger partial charge in [-0.05, 0) is 33.1 Å². The van der Waals surface area contributed by atoms with Crippen LogP contribution < -0.4 is 0 Å². The Labute approximate surface area is 174 Å². The van der Waals surface area contributed by atoms with Crippen LogP contribution in [0.25, 0.3) is 0 Å². The fourth-order valence-electron chi connectivity index (χ4n) is 2.89. The van der Waals surface area contributed by atoms with Crippen molar-refractivity contribution in [1.29, 1.82) is 0 Å². The molecular formula is C22H36O7. The molecule has 0 radical (unpaired) electrons. The number of allylic oxidation sites excluding steroid dienone is 4. The predicted molar refractivity (Wildman–Crippen MR) is 111 cm³/mol. The van der Waals surface area contributed by atoms with Crippen LogP contribution in [0, 0.1) is 11.8 Å². The van der Waals surface area contributed by atoms with Crippen LogP contribution in [0.2, 0.25) is 0 Å². The van der Waals surface area contributed by atoms with E-state index in [-0.39, 0.29) is 25.0 Å². The third kappa shape index (κ3) is 11.0. The summed E-state index contributed by atoms with van der Waals surface area (Å²) in [5.41, 5.74) is 1.84. The van der Waals surface area contributed by atoms with Gasteiger partial charge in [0, 0.05) is 13.0 Å². The molecule has 0 aliphatic rings. The molecule has 0 amide bonds. The third-order valence-corrected chi connectivity index (χ3v) is 4.67. The highest BCUT2D eigenvalue weighted by molar-refractivity contribution is 5.95. The molecule has 1 unspecified atom stereocenters. The minimum Gasteiger partial charge on any atom is -0.468 e. The largest absolute Gasteiger partial charge is 0.468 e. The fourth-order valence-corrected chi connectivity index (χ4v) is 2.89. The Kier molecular flexibility index (Phi) is 13.9. The maximum atomic E-state index is 11.8. The summed E-state index contributed by atoms with van der Waals surface area (Å²) >= 11 is 0. The lowest BCUT2D eigenvalue weighted by atomic mass is 9.96. The molecule has 7 heteroatoms. The molecule has 2 N–H and O–H groups in total. The molecule has 0 aromatic rings. The number of methoxy groups -OCH3 is 3. The van der Waals surface area contributed by atoms with Gasteiger partial charge in [0.05, 0.1) is 33.0 Å². The van der Waals surface area contributed by atoms with Gasteiger partial charge >= 0.3 is 11.9 Å². The Morgan fingerprint density at radius 3 is 2.10 bits per heavy atom. The zero-order chi connectivity index (χ0) is 22.4. The zero-order valence-corrected chi connectivity index (χ0v) is 18.4. The third-order valence-electron chi connectivity index (χ3n) is 4.67. The average Bonchev–Trinajstić information content (AvgIpc) is 2.70. The van der Waals surface area contributed by atoms with Gasteiger partial charge in [-0.1, -0.05) is 42.4 Å². The molecule has 0 aromatic heterocycles. The second-order valence-electron chi connectivity index (χ2n) is 7.14. The van der Waals surface area contributed by atoms with Crippen LogP contribution >= 0.6 is 0 Å². The minimum atomic E-state index is -0.970. The van der Waals surface area contributed by atoms with E-state index in [9.17, 15) is 14.7 Å². The zero-order valence-electron chi connectivity index (χ0n) is 18.4. The molecule has 166 valence electrons. The van der Waals surface area contributed by atoms with Crippen LogP contribution in [-0.2, 0) is 23.8 Å². The van der Waals surface area contributed by atoms with Crippen LogP contribution in [0.4, 0.5) is 0 Å². The monoisotopic (exact) mass is 412 g/mol. The minimum absolute atomic E-state index is 0.00698. The van der Waals surface area contributed by atoms with Gasteiger partial charge in [-0.15, -0.1) is 0 Å². The lowest BCUT2D eigenvalue weighted by molar-refractivity contribution is -0.158. The molecule has 0 rings (SSSR count). The van der Waals surface area contributed by atoms with Gasteiger partial charge in [0.25, 0.3) is 0 Å². The smallest absolute Gasteiger partial charge is 0.320 e. The molecule has 0 aliphatic heterocycles. The standard InChI is InChI=1S/C22H36O7/c1-15(13-19(21(25)28-5)22(26)29-6)8-7-9-17(3)20(27-4)11-10-16(2)12-18(24)14-23/h7-9,12,17-20,23-24H,10-11,13-14H2,1-6H3/b9-7+,15-8-,16-12-/t17-,18?,20-/m0/s1. The number of aliphatic hydroxyl groups is 2. The number of carbonyl (C=O) groups is 2. The van der Waals surface area contributed by atoms with Crippen LogP contribution in [0.5, 0.6) is 0 Å². The van der Waals surface area contributed by atoms with E-state index in [1.807, 2.05) is 39.0 Å². The lowest BCUT2D eigenvalue weighted by Gasteiger charge is -2.20. The summed E-state index contributed by atoms with van der Waals surface area (Å²) in [6.07, 6.45) is 8.31. The van der Waals surface area contributed by atoms with E-state index >= 15 is 0 Å². The first-order chi connectivity index (χ1) is 13.7. The van der Waals surface area contributed by atoms with E-state index in [0.717, 1.165) is 24.0 Å². The molecule has 3 atom stereocenters. The van der Waals surface area contributed by atoms with Crippen LogP contribution in [0.3, 0.4) is 0 Å².